The number of halogens is 1. The van der Waals surface area contributed by atoms with Gasteiger partial charge in [0.15, 0.2) is 0 Å². The molecule has 3 N–H and O–H groups in total. The first-order chi connectivity index (χ1) is 7.42. The molecule has 88 valence electrons. The average molecular weight is 243 g/mol. The van der Waals surface area contributed by atoms with E-state index < -0.39 is 5.54 Å². The second kappa shape index (κ2) is 4.82. The molecule has 0 saturated carbocycles. The summed E-state index contributed by atoms with van der Waals surface area (Å²) >= 11 is 5.91. The Bertz CT molecular complexity index is 416. The molecular formula is C11H15ClN2O2. The van der Waals surface area contributed by atoms with Crippen molar-refractivity contribution in [3.63, 3.8) is 0 Å². The van der Waals surface area contributed by atoms with Gasteiger partial charge in [-0.25, -0.2) is 0 Å². The van der Waals surface area contributed by atoms with Crippen LogP contribution in [-0.2, 0) is 0 Å². The Labute approximate surface area is 99.5 Å². The quantitative estimate of drug-likeness (QED) is 0.434. The maximum absolute atomic E-state index is 9.01. The summed E-state index contributed by atoms with van der Waals surface area (Å²) < 4.78 is 0. The summed E-state index contributed by atoms with van der Waals surface area (Å²) in [5.74, 6) is 0. The summed E-state index contributed by atoms with van der Waals surface area (Å²) in [6.07, 6.45) is 0. The van der Waals surface area contributed by atoms with Crippen LogP contribution in [0.5, 0.6) is 0 Å². The van der Waals surface area contributed by atoms with E-state index in [9.17, 15) is 0 Å². The van der Waals surface area contributed by atoms with E-state index in [-0.39, 0.29) is 0 Å². The molecule has 0 fully saturated rings. The summed E-state index contributed by atoms with van der Waals surface area (Å²) in [7, 11) is 0. The van der Waals surface area contributed by atoms with Gasteiger partial charge in [-0.2, -0.15) is 5.48 Å². The number of hydrogen-bond donors (Lipinski definition) is 3. The summed E-state index contributed by atoms with van der Waals surface area (Å²) in [6.45, 7) is 5.26. The van der Waals surface area contributed by atoms with Crippen LogP contribution in [-0.4, -0.2) is 21.7 Å². The lowest BCUT2D eigenvalue weighted by Gasteiger charge is -2.24. The first kappa shape index (κ1) is 13.0. The zero-order chi connectivity index (χ0) is 12.3. The van der Waals surface area contributed by atoms with E-state index in [1.165, 1.54) is 0 Å². The van der Waals surface area contributed by atoms with Crippen molar-refractivity contribution < 1.29 is 10.4 Å². The molecule has 0 radical (unpaired) electrons. The van der Waals surface area contributed by atoms with Crippen molar-refractivity contribution in [1.82, 2.24) is 5.48 Å². The minimum absolute atomic E-state index is 0.342. The van der Waals surface area contributed by atoms with Crippen LogP contribution in [0.4, 0.5) is 0 Å². The normalized spacial score (nSPS) is 12.9. The van der Waals surface area contributed by atoms with Crippen LogP contribution in [0.1, 0.15) is 25.0 Å². The maximum atomic E-state index is 9.01. The third kappa shape index (κ3) is 2.52. The van der Waals surface area contributed by atoms with Crippen LogP contribution >= 0.6 is 11.6 Å². The van der Waals surface area contributed by atoms with Crippen molar-refractivity contribution in [2.75, 3.05) is 0 Å². The molecule has 4 nitrogen and oxygen atoms in total. The van der Waals surface area contributed by atoms with Gasteiger partial charge in [0.25, 0.3) is 0 Å². The fraction of sp³-hybridized carbons (Fsp3) is 0.364. The summed E-state index contributed by atoms with van der Waals surface area (Å²) in [5.41, 5.74) is 3.19. The zero-order valence-electron chi connectivity index (χ0n) is 9.45. The maximum Gasteiger partial charge on any atom is 0.108 e. The number of nitrogens with zero attached hydrogens (tertiary/aromatic N) is 1. The molecule has 0 aliphatic rings. The number of oxime groups is 1. The highest BCUT2D eigenvalue weighted by Gasteiger charge is 2.26. The first-order valence-corrected chi connectivity index (χ1v) is 5.20. The van der Waals surface area contributed by atoms with E-state index in [2.05, 4.69) is 10.6 Å². The molecule has 0 unspecified atom stereocenters. The molecule has 0 spiro atoms. The van der Waals surface area contributed by atoms with Gasteiger partial charge in [-0.3, -0.25) is 0 Å². The largest absolute Gasteiger partial charge is 0.411 e. The molecular weight excluding hydrogens is 228 g/mol. The van der Waals surface area contributed by atoms with Gasteiger partial charge in [-0.1, -0.05) is 22.8 Å². The number of hydrogen-bond acceptors (Lipinski definition) is 4. The Kier molecular flexibility index (Phi) is 3.91. The standard InChI is InChI=1S/C11H15ClN2O2/c1-7-6-8(4-5-9(7)12)10(13-15)11(2,3)14-16/h4-6,14-16H,1-3H3. The van der Waals surface area contributed by atoms with E-state index in [4.69, 9.17) is 22.0 Å². The predicted molar refractivity (Wildman–Crippen MR) is 63.5 cm³/mol. The van der Waals surface area contributed by atoms with Gasteiger partial charge in [0.1, 0.15) is 5.71 Å². The fourth-order valence-corrected chi connectivity index (χ4v) is 1.51. The molecule has 0 heterocycles. The van der Waals surface area contributed by atoms with Crippen LogP contribution in [0, 0.1) is 6.92 Å². The Morgan fingerprint density at radius 1 is 1.44 bits per heavy atom. The summed E-state index contributed by atoms with van der Waals surface area (Å²) in [6, 6.07) is 5.27. The lowest BCUT2D eigenvalue weighted by atomic mass is 9.92. The Morgan fingerprint density at radius 3 is 2.50 bits per heavy atom. The molecule has 1 rings (SSSR count). The van der Waals surface area contributed by atoms with Gasteiger partial charge in [-0.05, 0) is 38.5 Å². The van der Waals surface area contributed by atoms with Crippen molar-refractivity contribution in [3.05, 3.63) is 34.3 Å². The summed E-state index contributed by atoms with van der Waals surface area (Å²) in [5, 5.41) is 21.9. The molecule has 0 aliphatic heterocycles. The van der Waals surface area contributed by atoms with Crippen LogP contribution in [0.15, 0.2) is 23.4 Å². The smallest absolute Gasteiger partial charge is 0.108 e. The number of rotatable bonds is 3. The topological polar surface area (TPSA) is 64.9 Å². The fourth-order valence-electron chi connectivity index (χ4n) is 1.39. The van der Waals surface area contributed by atoms with Crippen molar-refractivity contribution in [2.45, 2.75) is 26.3 Å². The molecule has 0 bridgehead atoms. The Balaban J connectivity index is 3.21. The van der Waals surface area contributed by atoms with Crippen LogP contribution < -0.4 is 5.48 Å². The van der Waals surface area contributed by atoms with Gasteiger partial charge in [0, 0.05) is 10.6 Å². The van der Waals surface area contributed by atoms with Gasteiger partial charge < -0.3 is 10.4 Å². The van der Waals surface area contributed by atoms with Crippen LogP contribution in [0.2, 0.25) is 5.02 Å². The average Bonchev–Trinajstić information content (AvgIpc) is 2.24. The molecule has 0 amide bonds. The minimum Gasteiger partial charge on any atom is -0.411 e. The third-order valence-corrected chi connectivity index (χ3v) is 2.83. The highest BCUT2D eigenvalue weighted by molar-refractivity contribution is 6.31. The van der Waals surface area contributed by atoms with Crippen molar-refractivity contribution in [1.29, 1.82) is 0 Å². The monoisotopic (exact) mass is 242 g/mol. The highest BCUT2D eigenvalue weighted by atomic mass is 35.5. The molecule has 1 aromatic carbocycles. The Hall–Kier alpha value is -1.10. The molecule has 16 heavy (non-hydrogen) atoms. The molecule has 0 aromatic heterocycles. The first-order valence-electron chi connectivity index (χ1n) is 4.82. The highest BCUT2D eigenvalue weighted by Crippen LogP contribution is 2.20. The third-order valence-electron chi connectivity index (χ3n) is 2.40. The second-order valence-corrected chi connectivity index (χ2v) is 4.56. The van der Waals surface area contributed by atoms with Crippen molar-refractivity contribution >= 4 is 17.3 Å². The lowest BCUT2D eigenvalue weighted by Crippen LogP contribution is -2.45. The minimum atomic E-state index is -0.838. The van der Waals surface area contributed by atoms with E-state index in [1.807, 2.05) is 6.92 Å². The van der Waals surface area contributed by atoms with Gasteiger partial charge in [-0.15, -0.1) is 0 Å². The van der Waals surface area contributed by atoms with Crippen molar-refractivity contribution in [2.24, 2.45) is 5.16 Å². The van der Waals surface area contributed by atoms with Crippen LogP contribution in [0.25, 0.3) is 0 Å². The Morgan fingerprint density at radius 2 is 2.06 bits per heavy atom. The summed E-state index contributed by atoms with van der Waals surface area (Å²) in [4.78, 5) is 0. The predicted octanol–water partition coefficient (Wildman–Crippen LogP) is 2.58. The van der Waals surface area contributed by atoms with Gasteiger partial charge in [0.2, 0.25) is 0 Å². The molecule has 1 aromatic rings. The number of benzene rings is 1. The van der Waals surface area contributed by atoms with E-state index in [0.717, 1.165) is 5.56 Å². The van der Waals surface area contributed by atoms with E-state index in [0.29, 0.717) is 16.3 Å². The zero-order valence-corrected chi connectivity index (χ0v) is 10.2. The molecule has 0 saturated heterocycles. The number of nitrogens with one attached hydrogen (secondary N) is 1. The molecule has 5 heteroatoms. The molecule has 0 atom stereocenters. The number of hydroxylamine groups is 1. The van der Waals surface area contributed by atoms with E-state index >= 15 is 0 Å². The van der Waals surface area contributed by atoms with E-state index in [1.54, 1.807) is 32.0 Å². The molecule has 0 aliphatic carbocycles. The number of aryl methyl sites for hydroxylation is 1. The SMILES string of the molecule is Cc1cc(C(=NO)C(C)(C)NO)ccc1Cl. The lowest BCUT2D eigenvalue weighted by molar-refractivity contribution is 0.113. The van der Waals surface area contributed by atoms with Crippen LogP contribution in [0.3, 0.4) is 0 Å². The van der Waals surface area contributed by atoms with Gasteiger partial charge in [0.05, 0.1) is 5.54 Å². The van der Waals surface area contributed by atoms with Gasteiger partial charge >= 0.3 is 0 Å². The second-order valence-electron chi connectivity index (χ2n) is 4.15. The van der Waals surface area contributed by atoms with Crippen molar-refractivity contribution in [3.8, 4) is 0 Å².